The zero-order chi connectivity index (χ0) is 41.2. The lowest BCUT2D eigenvalue weighted by Crippen LogP contribution is -2.54. The van der Waals surface area contributed by atoms with Gasteiger partial charge in [-0.1, -0.05) is 12.1 Å². The SMILES string of the molecule is COc1cccc2c1C(=O)c1c(O)c3c(c(O)c1C2=O)C[C@@](O)(C(=O)COC(=O)CCC(=O)O)C[C@@H]3O[C@H]1C[C@H](N2Cc3cc4cccnc4nc3C2)[C@H](O)[C@H](C)O1. The van der Waals surface area contributed by atoms with E-state index in [9.17, 15) is 44.4 Å². The van der Waals surface area contributed by atoms with Crippen LogP contribution in [0, 0.1) is 0 Å². The van der Waals surface area contributed by atoms with Crippen molar-refractivity contribution in [2.75, 3.05) is 13.7 Å². The third-order valence-electron chi connectivity index (χ3n) is 11.4. The summed E-state index contributed by atoms with van der Waals surface area (Å²) in [5.74, 6) is -6.39. The van der Waals surface area contributed by atoms with Gasteiger partial charge in [-0.05, 0) is 36.8 Å². The van der Waals surface area contributed by atoms with Crippen LogP contribution in [0.2, 0.25) is 0 Å². The molecule has 0 unspecified atom stereocenters. The number of carboxylic acids is 1. The third kappa shape index (κ3) is 6.63. The Labute approximate surface area is 329 Å². The van der Waals surface area contributed by atoms with E-state index in [1.807, 2.05) is 23.1 Å². The molecular weight excluding hydrogens is 758 g/mol. The minimum atomic E-state index is -2.44. The second-order valence-corrected chi connectivity index (χ2v) is 15.0. The first kappa shape index (κ1) is 39.0. The number of hydrogen-bond acceptors (Lipinski definition) is 16. The van der Waals surface area contributed by atoms with Crippen LogP contribution in [0.1, 0.15) is 92.9 Å². The number of aromatic nitrogens is 2. The van der Waals surface area contributed by atoms with Crippen molar-refractivity contribution in [1.29, 1.82) is 0 Å². The number of aliphatic hydroxyl groups excluding tert-OH is 1. The van der Waals surface area contributed by atoms with Gasteiger partial charge < -0.3 is 44.5 Å². The summed E-state index contributed by atoms with van der Waals surface area (Å²) in [6, 6.07) is 9.49. The van der Waals surface area contributed by atoms with Gasteiger partial charge in [-0.15, -0.1) is 0 Å². The number of carbonyl (C=O) groups is 5. The monoisotopic (exact) mass is 797 g/mol. The summed E-state index contributed by atoms with van der Waals surface area (Å²) in [6.07, 6.45) is -5.10. The summed E-state index contributed by atoms with van der Waals surface area (Å²) in [6.45, 7) is 1.51. The van der Waals surface area contributed by atoms with Gasteiger partial charge in [-0.3, -0.25) is 28.9 Å². The highest BCUT2D eigenvalue weighted by atomic mass is 16.7. The summed E-state index contributed by atoms with van der Waals surface area (Å²) >= 11 is 0. The quantitative estimate of drug-likeness (QED) is 0.100. The maximum absolute atomic E-state index is 14.1. The van der Waals surface area contributed by atoms with Gasteiger partial charge in [-0.2, -0.15) is 0 Å². The number of benzene rings is 2. The maximum Gasteiger partial charge on any atom is 0.306 e. The molecule has 0 saturated carbocycles. The van der Waals surface area contributed by atoms with Crippen LogP contribution < -0.4 is 4.74 Å². The standard InChI is InChI=1S/C41H39N3O14/c1-18-35(49)24(44-15-20-11-19-5-4-10-42-40(19)43-23(20)16-44)12-30(57-18)58-26-14-41(54,27(45)17-56-29(48)9-8-28(46)47)13-22-32(26)39(53)34-33(37(22)51)36(50)21-6-3-7-25(55-2)31(21)38(34)52/h3-7,10-11,18,24,26,30,35,49,51,53-54H,8-9,12-17H2,1-2H3,(H,46,47)/t18-,24-,26-,30-,35+,41-/m0/s1. The first-order valence-corrected chi connectivity index (χ1v) is 18.7. The molecule has 0 bridgehead atoms. The molecule has 0 spiro atoms. The summed E-state index contributed by atoms with van der Waals surface area (Å²) in [7, 11) is 1.31. The number of ether oxygens (including phenoxy) is 4. The summed E-state index contributed by atoms with van der Waals surface area (Å²) in [4.78, 5) is 76.0. The molecule has 2 aliphatic heterocycles. The number of phenolic OH excluding ortho intramolecular Hbond substituents is 2. The molecule has 0 radical (unpaired) electrons. The molecule has 4 heterocycles. The Hall–Kier alpha value is -5.85. The Balaban J connectivity index is 1.14. The van der Waals surface area contributed by atoms with Crippen LogP contribution in [-0.4, -0.2) is 114 Å². The van der Waals surface area contributed by atoms with Gasteiger partial charge in [0, 0.05) is 66.7 Å². The van der Waals surface area contributed by atoms with E-state index in [0.717, 1.165) is 16.6 Å². The van der Waals surface area contributed by atoms with Crippen molar-refractivity contribution < 1.29 is 68.5 Å². The number of carbonyl (C=O) groups excluding carboxylic acids is 4. The van der Waals surface area contributed by atoms with E-state index in [1.54, 1.807) is 13.1 Å². The number of rotatable bonds is 10. The number of fused-ring (bicyclic) bond motifs is 5. The third-order valence-corrected chi connectivity index (χ3v) is 11.4. The molecule has 2 aliphatic carbocycles. The van der Waals surface area contributed by atoms with E-state index in [2.05, 4.69) is 4.98 Å². The smallest absolute Gasteiger partial charge is 0.306 e. The van der Waals surface area contributed by atoms with Crippen molar-refractivity contribution in [2.24, 2.45) is 0 Å². The molecule has 1 saturated heterocycles. The van der Waals surface area contributed by atoms with Crippen LogP contribution in [0.3, 0.4) is 0 Å². The van der Waals surface area contributed by atoms with Crippen LogP contribution in [0.4, 0.5) is 0 Å². The number of methoxy groups -OCH3 is 1. The molecule has 4 aromatic rings. The predicted octanol–water partition coefficient (Wildman–Crippen LogP) is 2.42. The second kappa shape index (κ2) is 14.8. The molecule has 58 heavy (non-hydrogen) atoms. The number of phenols is 2. The average Bonchev–Trinajstić information content (AvgIpc) is 3.61. The Bertz CT molecular complexity index is 2370. The van der Waals surface area contributed by atoms with E-state index in [0.29, 0.717) is 18.7 Å². The summed E-state index contributed by atoms with van der Waals surface area (Å²) in [5.41, 5.74) is -1.85. The number of aliphatic carboxylic acids is 1. The first-order valence-electron chi connectivity index (χ1n) is 18.7. The van der Waals surface area contributed by atoms with E-state index in [1.165, 1.54) is 25.3 Å². The highest BCUT2D eigenvalue weighted by Gasteiger charge is 2.51. The second-order valence-electron chi connectivity index (χ2n) is 15.0. The minimum Gasteiger partial charge on any atom is -0.507 e. The number of pyridine rings is 2. The number of hydrogen-bond donors (Lipinski definition) is 5. The molecule has 302 valence electrons. The van der Waals surface area contributed by atoms with Gasteiger partial charge in [0.05, 0.1) is 60.6 Å². The van der Waals surface area contributed by atoms with Gasteiger partial charge in [0.25, 0.3) is 0 Å². The number of carboxylic acid groups (broad SMARTS) is 1. The van der Waals surface area contributed by atoms with Gasteiger partial charge in [0.15, 0.2) is 24.3 Å². The molecule has 5 N–H and O–H groups in total. The van der Waals surface area contributed by atoms with Crippen molar-refractivity contribution in [3.8, 4) is 17.2 Å². The lowest BCUT2D eigenvalue weighted by Gasteiger charge is -2.44. The fraction of sp³-hybridized carbons (Fsp3) is 0.390. The van der Waals surface area contributed by atoms with Gasteiger partial charge in [0.1, 0.15) is 22.8 Å². The van der Waals surface area contributed by atoms with Gasteiger partial charge in [0.2, 0.25) is 11.6 Å². The number of aromatic hydroxyl groups is 2. The lowest BCUT2D eigenvalue weighted by atomic mass is 9.72. The zero-order valence-electron chi connectivity index (χ0n) is 31.3. The van der Waals surface area contributed by atoms with E-state index in [-0.39, 0.29) is 34.4 Å². The number of nitrogens with zero attached hydrogens (tertiary/aromatic N) is 3. The maximum atomic E-state index is 14.1. The normalized spacial score (nSPS) is 25.1. The van der Waals surface area contributed by atoms with Crippen molar-refractivity contribution in [3.05, 3.63) is 87.2 Å². The molecule has 17 heteroatoms. The van der Waals surface area contributed by atoms with Crippen LogP contribution in [0.5, 0.6) is 17.2 Å². The van der Waals surface area contributed by atoms with Crippen LogP contribution in [-0.2, 0) is 48.1 Å². The van der Waals surface area contributed by atoms with E-state index >= 15 is 0 Å². The Morgan fingerprint density at radius 2 is 1.79 bits per heavy atom. The molecule has 6 atom stereocenters. The van der Waals surface area contributed by atoms with E-state index < -0.39 is 120 Å². The molecule has 17 nitrogen and oxygen atoms in total. The predicted molar refractivity (Wildman–Crippen MR) is 197 cm³/mol. The highest BCUT2D eigenvalue weighted by molar-refractivity contribution is 6.31. The first-order chi connectivity index (χ1) is 27.7. The molecular formula is C41H39N3O14. The molecule has 4 aliphatic rings. The molecule has 1 fully saturated rings. The fourth-order valence-corrected chi connectivity index (χ4v) is 8.53. The van der Waals surface area contributed by atoms with Crippen LogP contribution in [0.15, 0.2) is 42.6 Å². The van der Waals surface area contributed by atoms with Crippen LogP contribution >= 0.6 is 0 Å². The fourth-order valence-electron chi connectivity index (χ4n) is 8.53. The van der Waals surface area contributed by atoms with Crippen molar-refractivity contribution in [2.45, 2.75) is 88.4 Å². The number of aliphatic hydroxyl groups is 2. The van der Waals surface area contributed by atoms with Crippen molar-refractivity contribution in [1.82, 2.24) is 14.9 Å². The van der Waals surface area contributed by atoms with Crippen molar-refractivity contribution in [3.63, 3.8) is 0 Å². The summed E-state index contributed by atoms with van der Waals surface area (Å²) < 4.78 is 22.9. The molecule has 8 rings (SSSR count). The summed E-state index contributed by atoms with van der Waals surface area (Å²) in [5, 5.41) is 57.0. The highest BCUT2D eigenvalue weighted by Crippen LogP contribution is 2.53. The Morgan fingerprint density at radius 3 is 2.55 bits per heavy atom. The number of Topliss-reactive ketones (excluding diaryl/α,β-unsaturated/α-hetero) is 1. The molecule has 2 aromatic heterocycles. The molecule has 0 amide bonds. The zero-order valence-corrected chi connectivity index (χ0v) is 31.3. The topological polar surface area (TPSA) is 252 Å². The largest absolute Gasteiger partial charge is 0.507 e. The lowest BCUT2D eigenvalue weighted by molar-refractivity contribution is -0.259. The van der Waals surface area contributed by atoms with Gasteiger partial charge in [-0.25, -0.2) is 9.97 Å². The van der Waals surface area contributed by atoms with E-state index in [4.69, 9.17) is 29.0 Å². The molecule has 2 aromatic carbocycles. The van der Waals surface area contributed by atoms with Crippen molar-refractivity contribution >= 4 is 40.3 Å². The van der Waals surface area contributed by atoms with Crippen LogP contribution in [0.25, 0.3) is 11.0 Å². The minimum absolute atomic E-state index is 0.0519. The average molecular weight is 798 g/mol. The van der Waals surface area contributed by atoms with Gasteiger partial charge >= 0.3 is 11.9 Å². The Kier molecular flexibility index (Phi) is 9.97. The number of esters is 1. The Morgan fingerprint density at radius 1 is 1.02 bits per heavy atom. The number of ketones is 3.